The van der Waals surface area contributed by atoms with Crippen LogP contribution in [-0.4, -0.2) is 11.8 Å². The maximum Gasteiger partial charge on any atom is 0.240 e. The van der Waals surface area contributed by atoms with Crippen LogP contribution in [0.1, 0.15) is 24.0 Å². The number of nitrogens with zero attached hydrogens (tertiary/aromatic N) is 1. The largest absolute Gasteiger partial charge is 0.325 e. The number of carbonyl (C=O) groups is 2. The van der Waals surface area contributed by atoms with E-state index in [4.69, 9.17) is 5.26 Å². The van der Waals surface area contributed by atoms with Crippen molar-refractivity contribution in [1.82, 2.24) is 0 Å². The highest BCUT2D eigenvalue weighted by Crippen LogP contribution is 2.47. The molecule has 0 aromatic heterocycles. The quantitative estimate of drug-likeness (QED) is 0.849. The SMILES string of the molecule is Cc1ccccc1NC(=O)C1(C(=O)Nc2ccccc2C#N)CC1. The van der Waals surface area contributed by atoms with Crippen LogP contribution in [-0.2, 0) is 9.59 Å². The van der Waals surface area contributed by atoms with Crippen molar-refractivity contribution < 1.29 is 9.59 Å². The molecule has 0 atom stereocenters. The summed E-state index contributed by atoms with van der Waals surface area (Å²) in [5.41, 5.74) is 1.40. The summed E-state index contributed by atoms with van der Waals surface area (Å²) in [5.74, 6) is -0.667. The summed E-state index contributed by atoms with van der Waals surface area (Å²) < 4.78 is 0. The molecule has 2 N–H and O–H groups in total. The summed E-state index contributed by atoms with van der Waals surface area (Å²) >= 11 is 0. The Labute approximate surface area is 140 Å². The number of nitriles is 1. The van der Waals surface area contributed by atoms with Gasteiger partial charge in [-0.2, -0.15) is 5.26 Å². The second-order valence-electron chi connectivity index (χ2n) is 5.96. The van der Waals surface area contributed by atoms with Gasteiger partial charge < -0.3 is 10.6 Å². The number of carbonyl (C=O) groups excluding carboxylic acids is 2. The second kappa shape index (κ2) is 6.17. The maximum atomic E-state index is 12.6. The van der Waals surface area contributed by atoms with Crippen LogP contribution in [0.25, 0.3) is 0 Å². The van der Waals surface area contributed by atoms with Crippen molar-refractivity contribution in [3.63, 3.8) is 0 Å². The number of aryl methyl sites for hydroxylation is 1. The van der Waals surface area contributed by atoms with E-state index in [-0.39, 0.29) is 11.8 Å². The number of benzene rings is 2. The Balaban J connectivity index is 1.76. The van der Waals surface area contributed by atoms with Crippen LogP contribution >= 0.6 is 0 Å². The fourth-order valence-corrected chi connectivity index (χ4v) is 2.57. The highest BCUT2D eigenvalue weighted by molar-refractivity contribution is 6.17. The number of hydrogen-bond donors (Lipinski definition) is 2. The van der Waals surface area contributed by atoms with E-state index < -0.39 is 5.41 Å². The Bertz CT molecular complexity index is 848. The topological polar surface area (TPSA) is 82.0 Å². The molecule has 120 valence electrons. The molecule has 5 nitrogen and oxygen atoms in total. The minimum Gasteiger partial charge on any atom is -0.325 e. The average molecular weight is 319 g/mol. The summed E-state index contributed by atoms with van der Waals surface area (Å²) in [6.45, 7) is 1.90. The minimum atomic E-state index is -1.05. The lowest BCUT2D eigenvalue weighted by atomic mass is 10.0. The summed E-state index contributed by atoms with van der Waals surface area (Å²) in [7, 11) is 0. The van der Waals surface area contributed by atoms with Gasteiger partial charge in [-0.25, -0.2) is 0 Å². The molecule has 0 bridgehead atoms. The van der Waals surface area contributed by atoms with Gasteiger partial charge in [0.25, 0.3) is 0 Å². The van der Waals surface area contributed by atoms with Crippen LogP contribution in [0.2, 0.25) is 0 Å². The third kappa shape index (κ3) is 2.86. The first-order valence-electron chi connectivity index (χ1n) is 7.74. The van der Waals surface area contributed by atoms with Crippen LogP contribution in [0.5, 0.6) is 0 Å². The van der Waals surface area contributed by atoms with Gasteiger partial charge in [0.1, 0.15) is 11.5 Å². The standard InChI is InChI=1S/C19H17N3O2/c1-13-6-2-4-8-15(13)21-17(23)19(10-11-19)18(24)22-16-9-5-3-7-14(16)12-20/h2-9H,10-11H2,1H3,(H,21,23)(H,22,24). The van der Waals surface area contributed by atoms with Crippen molar-refractivity contribution in [2.45, 2.75) is 19.8 Å². The van der Waals surface area contributed by atoms with Gasteiger partial charge in [0.15, 0.2) is 0 Å². The molecule has 1 aliphatic carbocycles. The van der Waals surface area contributed by atoms with E-state index in [0.29, 0.717) is 29.8 Å². The summed E-state index contributed by atoms with van der Waals surface area (Å²) in [6, 6.07) is 16.2. The van der Waals surface area contributed by atoms with E-state index in [1.54, 1.807) is 24.3 Å². The van der Waals surface area contributed by atoms with Gasteiger partial charge in [-0.05, 0) is 43.5 Å². The van der Waals surface area contributed by atoms with E-state index in [9.17, 15) is 9.59 Å². The number of rotatable bonds is 4. The van der Waals surface area contributed by atoms with E-state index >= 15 is 0 Å². The lowest BCUT2D eigenvalue weighted by Crippen LogP contribution is -2.36. The van der Waals surface area contributed by atoms with Crippen molar-refractivity contribution >= 4 is 23.2 Å². The number of nitrogens with one attached hydrogen (secondary N) is 2. The molecule has 2 amide bonds. The zero-order valence-electron chi connectivity index (χ0n) is 13.3. The molecular formula is C19H17N3O2. The van der Waals surface area contributed by atoms with E-state index in [0.717, 1.165) is 5.56 Å². The predicted octanol–water partition coefficient (Wildman–Crippen LogP) is 3.22. The van der Waals surface area contributed by atoms with Gasteiger partial charge in [-0.3, -0.25) is 9.59 Å². The van der Waals surface area contributed by atoms with Crippen molar-refractivity contribution in [2.24, 2.45) is 5.41 Å². The zero-order valence-corrected chi connectivity index (χ0v) is 13.3. The first kappa shape index (κ1) is 15.8. The van der Waals surface area contributed by atoms with Gasteiger partial charge in [-0.1, -0.05) is 30.3 Å². The van der Waals surface area contributed by atoms with Crippen LogP contribution in [0.4, 0.5) is 11.4 Å². The van der Waals surface area contributed by atoms with Crippen molar-refractivity contribution in [3.8, 4) is 6.07 Å². The molecule has 1 fully saturated rings. The molecule has 0 heterocycles. The first-order chi connectivity index (χ1) is 11.6. The fraction of sp³-hybridized carbons (Fsp3) is 0.211. The minimum absolute atomic E-state index is 0.302. The van der Waals surface area contributed by atoms with E-state index in [2.05, 4.69) is 10.6 Å². The third-order valence-corrected chi connectivity index (χ3v) is 4.31. The predicted molar refractivity (Wildman–Crippen MR) is 91.3 cm³/mol. The van der Waals surface area contributed by atoms with Crippen molar-refractivity contribution in [2.75, 3.05) is 10.6 Å². The monoisotopic (exact) mass is 319 g/mol. The summed E-state index contributed by atoms with van der Waals surface area (Å²) in [4.78, 5) is 25.2. The second-order valence-corrected chi connectivity index (χ2v) is 5.96. The number of anilines is 2. The Hall–Kier alpha value is -3.13. The molecule has 0 saturated heterocycles. The lowest BCUT2D eigenvalue weighted by molar-refractivity contribution is -0.131. The van der Waals surface area contributed by atoms with Gasteiger partial charge in [0.05, 0.1) is 11.3 Å². The smallest absolute Gasteiger partial charge is 0.240 e. The van der Waals surface area contributed by atoms with Crippen LogP contribution in [0, 0.1) is 23.7 Å². The van der Waals surface area contributed by atoms with Gasteiger partial charge in [0, 0.05) is 5.69 Å². The highest BCUT2D eigenvalue weighted by atomic mass is 16.2. The molecule has 0 unspecified atom stereocenters. The third-order valence-electron chi connectivity index (χ3n) is 4.31. The molecule has 24 heavy (non-hydrogen) atoms. The molecule has 5 heteroatoms. The van der Waals surface area contributed by atoms with E-state index in [1.807, 2.05) is 37.3 Å². The van der Waals surface area contributed by atoms with Crippen molar-refractivity contribution in [3.05, 3.63) is 59.7 Å². The van der Waals surface area contributed by atoms with Gasteiger partial charge in [-0.15, -0.1) is 0 Å². The molecule has 0 aliphatic heterocycles. The van der Waals surface area contributed by atoms with Gasteiger partial charge >= 0.3 is 0 Å². The van der Waals surface area contributed by atoms with Crippen LogP contribution < -0.4 is 10.6 Å². The van der Waals surface area contributed by atoms with Gasteiger partial charge in [0.2, 0.25) is 11.8 Å². The molecule has 2 aromatic rings. The number of hydrogen-bond acceptors (Lipinski definition) is 3. The number of amides is 2. The summed E-state index contributed by atoms with van der Waals surface area (Å²) in [5, 5.41) is 14.7. The maximum absolute atomic E-state index is 12.6. The molecular weight excluding hydrogens is 302 g/mol. The molecule has 3 rings (SSSR count). The Kier molecular flexibility index (Phi) is 4.05. The van der Waals surface area contributed by atoms with Crippen molar-refractivity contribution in [1.29, 1.82) is 5.26 Å². The van der Waals surface area contributed by atoms with Crippen LogP contribution in [0.3, 0.4) is 0 Å². The molecule has 1 aliphatic rings. The lowest BCUT2D eigenvalue weighted by Gasteiger charge is -2.17. The van der Waals surface area contributed by atoms with E-state index in [1.165, 1.54) is 0 Å². The Morgan fingerprint density at radius 1 is 0.958 bits per heavy atom. The summed E-state index contributed by atoms with van der Waals surface area (Å²) in [6.07, 6.45) is 1.01. The average Bonchev–Trinajstić information content (AvgIpc) is 3.39. The van der Waals surface area contributed by atoms with Crippen LogP contribution in [0.15, 0.2) is 48.5 Å². The molecule has 0 radical (unpaired) electrons. The zero-order chi connectivity index (χ0) is 17.2. The molecule has 1 saturated carbocycles. The Morgan fingerprint density at radius 3 is 2.08 bits per heavy atom. The molecule has 2 aromatic carbocycles. The highest BCUT2D eigenvalue weighted by Gasteiger charge is 2.56. The fourth-order valence-electron chi connectivity index (χ4n) is 2.57. The number of para-hydroxylation sites is 2. The normalized spacial score (nSPS) is 14.3. The Morgan fingerprint density at radius 2 is 1.50 bits per heavy atom. The molecule has 0 spiro atoms. The first-order valence-corrected chi connectivity index (χ1v) is 7.74.